The quantitative estimate of drug-likeness (QED) is 0.438. The topological polar surface area (TPSA) is 37.3 Å². The average molecular weight is 327 g/mol. The summed E-state index contributed by atoms with van der Waals surface area (Å²) in [6.07, 6.45) is 4.41. The summed E-state index contributed by atoms with van der Waals surface area (Å²) in [5.41, 5.74) is 0.634. The van der Waals surface area contributed by atoms with Crippen LogP contribution in [0.4, 0.5) is 0 Å². The molecular formula is C16H23BrO2. The highest BCUT2D eigenvalue weighted by atomic mass is 79.9. The van der Waals surface area contributed by atoms with E-state index in [-0.39, 0.29) is 5.78 Å². The Morgan fingerprint density at radius 3 is 2.47 bits per heavy atom. The molecule has 19 heavy (non-hydrogen) atoms. The molecule has 0 fully saturated rings. The number of carbonyl (C=O) groups is 1. The fraction of sp³-hybridized carbons (Fsp3) is 0.562. The van der Waals surface area contributed by atoms with Crippen molar-refractivity contribution in [3.05, 3.63) is 35.9 Å². The van der Waals surface area contributed by atoms with Gasteiger partial charge < -0.3 is 5.11 Å². The molecule has 0 saturated carbocycles. The van der Waals surface area contributed by atoms with Gasteiger partial charge in [-0.3, -0.25) is 4.79 Å². The first-order valence-corrected chi connectivity index (χ1v) is 7.76. The number of hydrogen-bond donors (Lipinski definition) is 1. The van der Waals surface area contributed by atoms with E-state index in [9.17, 15) is 9.90 Å². The zero-order chi connectivity index (χ0) is 14.3. The highest BCUT2D eigenvalue weighted by Gasteiger charge is 2.37. The molecular weight excluding hydrogens is 304 g/mol. The lowest BCUT2D eigenvalue weighted by Gasteiger charge is -2.27. The number of hydrogen-bond acceptors (Lipinski definition) is 2. The van der Waals surface area contributed by atoms with E-state index in [1.165, 1.54) is 12.8 Å². The molecule has 1 rings (SSSR count). The van der Waals surface area contributed by atoms with Crippen molar-refractivity contribution in [1.29, 1.82) is 0 Å². The van der Waals surface area contributed by atoms with Crippen LogP contribution in [0.15, 0.2) is 30.3 Å². The second-order valence-electron chi connectivity index (χ2n) is 5.14. The molecule has 0 unspecified atom stereocenters. The first-order chi connectivity index (χ1) is 9.00. The van der Waals surface area contributed by atoms with Crippen molar-refractivity contribution in [2.45, 2.75) is 56.4 Å². The Kier molecular flexibility index (Phi) is 6.73. The standard InChI is InChI=1S/C16H23BrO2/c1-3-4-5-9-12-14(18)16(2,17)15(19)13-10-7-6-8-11-13/h6-8,10-11,14,18H,3-5,9,12H2,1-2H3/t14-,16-/m1/s1. The van der Waals surface area contributed by atoms with Crippen LogP contribution in [0.2, 0.25) is 0 Å². The molecule has 0 aliphatic rings. The first-order valence-electron chi connectivity index (χ1n) is 6.97. The maximum Gasteiger partial charge on any atom is 0.181 e. The van der Waals surface area contributed by atoms with E-state index in [2.05, 4.69) is 22.9 Å². The van der Waals surface area contributed by atoms with Crippen molar-refractivity contribution in [2.24, 2.45) is 0 Å². The highest BCUT2D eigenvalue weighted by molar-refractivity contribution is 9.10. The van der Waals surface area contributed by atoms with Crippen LogP contribution in [-0.2, 0) is 0 Å². The van der Waals surface area contributed by atoms with Gasteiger partial charge in [0.1, 0.15) is 4.32 Å². The number of ketones is 1. The molecule has 106 valence electrons. The molecule has 0 saturated heterocycles. The number of carbonyl (C=O) groups excluding carboxylic acids is 1. The van der Waals surface area contributed by atoms with Gasteiger partial charge >= 0.3 is 0 Å². The van der Waals surface area contributed by atoms with Crippen molar-refractivity contribution in [2.75, 3.05) is 0 Å². The number of benzene rings is 1. The van der Waals surface area contributed by atoms with Gasteiger partial charge in [0.05, 0.1) is 6.10 Å². The SMILES string of the molecule is CCCCCC[C@@H](O)[C@@](C)(Br)C(=O)c1ccccc1. The normalized spacial score (nSPS) is 15.8. The molecule has 1 N–H and O–H groups in total. The van der Waals surface area contributed by atoms with Crippen LogP contribution >= 0.6 is 15.9 Å². The Hall–Kier alpha value is -0.670. The monoisotopic (exact) mass is 326 g/mol. The summed E-state index contributed by atoms with van der Waals surface area (Å²) in [5, 5.41) is 10.2. The smallest absolute Gasteiger partial charge is 0.181 e. The fourth-order valence-electron chi connectivity index (χ4n) is 2.06. The number of alkyl halides is 1. The minimum Gasteiger partial charge on any atom is -0.391 e. The second-order valence-corrected chi connectivity index (χ2v) is 6.78. The third-order valence-electron chi connectivity index (χ3n) is 3.44. The third-order valence-corrected chi connectivity index (χ3v) is 4.33. The number of aliphatic hydroxyl groups is 1. The highest BCUT2D eigenvalue weighted by Crippen LogP contribution is 2.30. The molecule has 0 radical (unpaired) electrons. The van der Waals surface area contributed by atoms with E-state index in [1.807, 2.05) is 18.2 Å². The lowest BCUT2D eigenvalue weighted by molar-refractivity contribution is 0.0770. The van der Waals surface area contributed by atoms with Crippen molar-refractivity contribution in [3.63, 3.8) is 0 Å². The van der Waals surface area contributed by atoms with E-state index in [0.717, 1.165) is 12.8 Å². The zero-order valence-corrected chi connectivity index (χ0v) is 13.3. The number of halogens is 1. The molecule has 0 bridgehead atoms. The molecule has 3 heteroatoms. The van der Waals surface area contributed by atoms with E-state index in [4.69, 9.17) is 0 Å². The fourth-order valence-corrected chi connectivity index (χ4v) is 2.52. The molecule has 0 aromatic heterocycles. The Balaban J connectivity index is 2.61. The maximum absolute atomic E-state index is 12.4. The van der Waals surface area contributed by atoms with Gasteiger partial charge in [-0.05, 0) is 13.3 Å². The van der Waals surface area contributed by atoms with Gasteiger partial charge in [0.25, 0.3) is 0 Å². The van der Waals surface area contributed by atoms with Crippen LogP contribution in [-0.4, -0.2) is 21.3 Å². The predicted molar refractivity (Wildman–Crippen MR) is 82.9 cm³/mol. The molecule has 1 aromatic carbocycles. The Labute approximate surface area is 124 Å². The molecule has 0 aliphatic carbocycles. The molecule has 1 aromatic rings. The summed E-state index contributed by atoms with van der Waals surface area (Å²) >= 11 is 3.42. The van der Waals surface area contributed by atoms with Crippen molar-refractivity contribution in [3.8, 4) is 0 Å². The number of aliphatic hydroxyl groups excluding tert-OH is 1. The van der Waals surface area contributed by atoms with Crippen molar-refractivity contribution < 1.29 is 9.90 Å². The van der Waals surface area contributed by atoms with Crippen LogP contribution in [0.5, 0.6) is 0 Å². The predicted octanol–water partition coefficient (Wildman–Crippen LogP) is 4.35. The minimum atomic E-state index is -0.902. The summed E-state index contributed by atoms with van der Waals surface area (Å²) in [5.74, 6) is -0.0592. The molecule has 0 heterocycles. The zero-order valence-electron chi connectivity index (χ0n) is 11.7. The van der Waals surface area contributed by atoms with Gasteiger partial charge in [0, 0.05) is 5.56 Å². The maximum atomic E-state index is 12.4. The van der Waals surface area contributed by atoms with E-state index in [0.29, 0.717) is 12.0 Å². The van der Waals surface area contributed by atoms with Gasteiger partial charge in [-0.25, -0.2) is 0 Å². The van der Waals surface area contributed by atoms with Gasteiger partial charge in [-0.2, -0.15) is 0 Å². The van der Waals surface area contributed by atoms with Crippen molar-refractivity contribution >= 4 is 21.7 Å². The van der Waals surface area contributed by atoms with Crippen LogP contribution < -0.4 is 0 Å². The Morgan fingerprint density at radius 1 is 1.26 bits per heavy atom. The Morgan fingerprint density at radius 2 is 1.89 bits per heavy atom. The van der Waals surface area contributed by atoms with E-state index < -0.39 is 10.4 Å². The second kappa shape index (κ2) is 7.81. The van der Waals surface area contributed by atoms with Crippen LogP contribution in [0.3, 0.4) is 0 Å². The first kappa shape index (κ1) is 16.4. The van der Waals surface area contributed by atoms with Crippen LogP contribution in [0.25, 0.3) is 0 Å². The van der Waals surface area contributed by atoms with Crippen molar-refractivity contribution in [1.82, 2.24) is 0 Å². The van der Waals surface area contributed by atoms with Gasteiger partial charge in [-0.15, -0.1) is 0 Å². The molecule has 0 amide bonds. The number of Topliss-reactive ketones (excluding diaryl/α,β-unsaturated/α-hetero) is 1. The number of unbranched alkanes of at least 4 members (excludes halogenated alkanes) is 3. The lowest BCUT2D eigenvalue weighted by Crippen LogP contribution is -2.41. The van der Waals surface area contributed by atoms with Crippen LogP contribution in [0, 0.1) is 0 Å². The summed E-state index contributed by atoms with van der Waals surface area (Å²) in [6, 6.07) is 9.12. The third kappa shape index (κ3) is 4.73. The average Bonchev–Trinajstić information content (AvgIpc) is 2.43. The van der Waals surface area contributed by atoms with Gasteiger partial charge in [0.15, 0.2) is 5.78 Å². The van der Waals surface area contributed by atoms with Gasteiger partial charge in [-0.1, -0.05) is 78.9 Å². The van der Waals surface area contributed by atoms with E-state index in [1.54, 1.807) is 19.1 Å². The molecule has 2 atom stereocenters. The summed E-state index contributed by atoms with van der Waals surface area (Å²) < 4.78 is -0.902. The summed E-state index contributed by atoms with van der Waals surface area (Å²) in [4.78, 5) is 12.4. The van der Waals surface area contributed by atoms with Gasteiger partial charge in [0.2, 0.25) is 0 Å². The molecule has 0 aliphatic heterocycles. The van der Waals surface area contributed by atoms with Crippen LogP contribution in [0.1, 0.15) is 56.3 Å². The number of rotatable bonds is 8. The largest absolute Gasteiger partial charge is 0.391 e. The summed E-state index contributed by atoms with van der Waals surface area (Å²) in [6.45, 7) is 3.91. The van der Waals surface area contributed by atoms with E-state index >= 15 is 0 Å². The Bertz CT molecular complexity index is 387. The molecule has 2 nitrogen and oxygen atoms in total. The summed E-state index contributed by atoms with van der Waals surface area (Å²) in [7, 11) is 0. The minimum absolute atomic E-state index is 0.0592. The lowest BCUT2D eigenvalue weighted by atomic mass is 9.91. The molecule has 0 spiro atoms.